The minimum absolute atomic E-state index is 0.0209. The highest BCUT2D eigenvalue weighted by Crippen LogP contribution is 2.25. The first-order valence-corrected chi connectivity index (χ1v) is 12.8. The first-order chi connectivity index (χ1) is 18.9. The number of hydrogen-bond acceptors (Lipinski definition) is 5. The number of anilines is 3. The maximum Gasteiger partial charge on any atom is 0.324 e. The van der Waals surface area contributed by atoms with Crippen LogP contribution in [-0.2, 0) is 4.79 Å². The van der Waals surface area contributed by atoms with E-state index in [9.17, 15) is 9.59 Å². The number of aromatic nitrogens is 1. The second-order valence-electron chi connectivity index (χ2n) is 9.45. The van der Waals surface area contributed by atoms with E-state index in [1.165, 1.54) is 6.20 Å². The van der Waals surface area contributed by atoms with Crippen LogP contribution in [0.3, 0.4) is 0 Å². The molecule has 1 unspecified atom stereocenters. The Morgan fingerprint density at radius 3 is 2.72 bits per heavy atom. The van der Waals surface area contributed by atoms with Gasteiger partial charge in [-0.25, -0.2) is 14.8 Å². The van der Waals surface area contributed by atoms with Gasteiger partial charge in [0.25, 0.3) is 5.91 Å². The average Bonchev–Trinajstić information content (AvgIpc) is 3.34. The maximum absolute atomic E-state index is 12.7. The van der Waals surface area contributed by atoms with Gasteiger partial charge in [0.15, 0.2) is 0 Å². The fourth-order valence-electron chi connectivity index (χ4n) is 4.53. The van der Waals surface area contributed by atoms with E-state index in [-0.39, 0.29) is 18.0 Å². The summed E-state index contributed by atoms with van der Waals surface area (Å²) < 4.78 is 0. The predicted molar refractivity (Wildman–Crippen MR) is 157 cm³/mol. The number of piperidine rings is 1. The van der Waals surface area contributed by atoms with E-state index in [1.807, 2.05) is 50.2 Å². The Hall–Kier alpha value is -4.84. The summed E-state index contributed by atoms with van der Waals surface area (Å²) in [6.07, 6.45) is 7.08. The average molecular weight is 524 g/mol. The first kappa shape index (κ1) is 27.2. The van der Waals surface area contributed by atoms with Crippen molar-refractivity contribution in [1.29, 1.82) is 0 Å². The molecule has 3 amide bonds. The van der Waals surface area contributed by atoms with Gasteiger partial charge in [0.05, 0.1) is 0 Å². The van der Waals surface area contributed by atoms with Gasteiger partial charge in [-0.05, 0) is 69.4 Å². The van der Waals surface area contributed by atoms with Crippen molar-refractivity contribution in [2.24, 2.45) is 4.99 Å². The largest absolute Gasteiger partial charge is 0.369 e. The quantitative estimate of drug-likeness (QED) is 0.412. The smallest absolute Gasteiger partial charge is 0.324 e. The summed E-state index contributed by atoms with van der Waals surface area (Å²) in [5.74, 6) is 6.10. The molecular formula is C30H33N7O2. The summed E-state index contributed by atoms with van der Waals surface area (Å²) in [6.45, 7) is 10.9. The fraction of sp³-hybridized carbons (Fsp3) is 0.267. The summed E-state index contributed by atoms with van der Waals surface area (Å²) in [5, 5.41) is 11.9. The number of urea groups is 1. The molecule has 0 spiro atoms. The topological polar surface area (TPSA) is 111 Å². The van der Waals surface area contributed by atoms with Crippen LogP contribution in [0.1, 0.15) is 39.2 Å². The van der Waals surface area contributed by atoms with Crippen LogP contribution in [0.5, 0.6) is 0 Å². The number of carbonyl (C=O) groups excluding carboxylic acids is 2. The third-order valence-electron chi connectivity index (χ3n) is 6.36. The molecule has 1 aromatic heterocycles. The highest BCUT2D eigenvalue weighted by molar-refractivity contribution is 6.11. The molecule has 0 aliphatic carbocycles. The van der Waals surface area contributed by atoms with Crippen molar-refractivity contribution < 1.29 is 9.59 Å². The number of carbonyl (C=O) groups is 2. The van der Waals surface area contributed by atoms with Crippen LogP contribution in [0, 0.1) is 11.8 Å². The lowest BCUT2D eigenvalue weighted by molar-refractivity contribution is -0.116. The molecule has 1 saturated heterocycles. The molecule has 1 fully saturated rings. The fourth-order valence-corrected chi connectivity index (χ4v) is 4.53. The van der Waals surface area contributed by atoms with E-state index >= 15 is 0 Å². The molecule has 39 heavy (non-hydrogen) atoms. The Bertz CT molecular complexity index is 1410. The lowest BCUT2D eigenvalue weighted by Crippen LogP contribution is -2.47. The number of nitrogens with one attached hydrogen (secondary N) is 4. The van der Waals surface area contributed by atoms with Gasteiger partial charge in [0, 0.05) is 60.2 Å². The Labute approximate surface area is 229 Å². The standard InChI is InChI=1S/C30H33N7O2/c1-5-8-28(38)33-23-9-7-16-37(19-23)24-14-15-32-27(17-24)36-30(39)34-22-12-10-21(11-13-22)26-18-25(20(3)4)29(35-26)31-6-2/h6,10-15,17-18,23H,2,7,9,16,19H2,1,3-4H3,(H,31,35)(H,33,38)(H2,32,34,36,39). The van der Waals surface area contributed by atoms with Crippen LogP contribution >= 0.6 is 0 Å². The molecule has 1 atom stereocenters. The number of nitrogens with zero attached hydrogens (tertiary/aromatic N) is 3. The van der Waals surface area contributed by atoms with Crippen molar-refractivity contribution >= 4 is 40.7 Å². The van der Waals surface area contributed by atoms with Gasteiger partial charge >= 0.3 is 6.03 Å². The lowest BCUT2D eigenvalue weighted by atomic mass is 10.0. The first-order valence-electron chi connectivity index (χ1n) is 12.8. The third kappa shape index (κ3) is 7.14. The van der Waals surface area contributed by atoms with E-state index in [2.05, 4.69) is 60.6 Å². The van der Waals surface area contributed by atoms with Gasteiger partial charge in [-0.15, -0.1) is 0 Å². The molecule has 3 heterocycles. The maximum atomic E-state index is 12.7. The molecule has 0 saturated carbocycles. The SMILES string of the molecule is C=CN=C1NC(c2ccc(NC(=O)Nc3cc(N4CCCC(NC(=O)C#CC)C4)ccn3)cc2)=CC1=C(C)C. The van der Waals surface area contributed by atoms with Crippen molar-refractivity contribution in [1.82, 2.24) is 15.6 Å². The molecule has 9 heteroatoms. The van der Waals surface area contributed by atoms with E-state index < -0.39 is 0 Å². The number of aliphatic imine (C=N–C) groups is 1. The summed E-state index contributed by atoms with van der Waals surface area (Å²) >= 11 is 0. The second kappa shape index (κ2) is 12.6. The number of amidine groups is 1. The van der Waals surface area contributed by atoms with Crippen LogP contribution in [-0.4, -0.2) is 41.9 Å². The molecule has 0 bridgehead atoms. The molecule has 4 N–H and O–H groups in total. The van der Waals surface area contributed by atoms with Gasteiger partial charge in [-0.3, -0.25) is 10.1 Å². The molecule has 0 radical (unpaired) electrons. The number of allylic oxidation sites excluding steroid dienone is 1. The second-order valence-corrected chi connectivity index (χ2v) is 9.45. The minimum Gasteiger partial charge on any atom is -0.369 e. The number of pyridine rings is 1. The summed E-state index contributed by atoms with van der Waals surface area (Å²) in [6, 6.07) is 10.9. The molecule has 9 nitrogen and oxygen atoms in total. The Kier molecular flexibility index (Phi) is 8.79. The number of hydrogen-bond donors (Lipinski definition) is 4. The normalized spacial score (nSPS) is 17.4. The Morgan fingerprint density at radius 1 is 1.21 bits per heavy atom. The molecule has 2 aliphatic heterocycles. The van der Waals surface area contributed by atoms with E-state index in [0.29, 0.717) is 18.1 Å². The highest BCUT2D eigenvalue weighted by Gasteiger charge is 2.22. The molecule has 200 valence electrons. The monoisotopic (exact) mass is 523 g/mol. The minimum atomic E-state index is -0.389. The molecule has 2 aliphatic rings. The summed E-state index contributed by atoms with van der Waals surface area (Å²) in [5.41, 5.74) is 5.68. The summed E-state index contributed by atoms with van der Waals surface area (Å²) in [4.78, 5) is 35.3. The number of benzene rings is 1. The third-order valence-corrected chi connectivity index (χ3v) is 6.36. The van der Waals surface area contributed by atoms with Crippen LogP contribution in [0.15, 0.2) is 77.6 Å². The van der Waals surface area contributed by atoms with Crippen LogP contribution in [0.2, 0.25) is 0 Å². The van der Waals surface area contributed by atoms with Crippen LogP contribution < -0.4 is 26.2 Å². The number of amides is 3. The van der Waals surface area contributed by atoms with Crippen LogP contribution in [0.25, 0.3) is 5.70 Å². The van der Waals surface area contributed by atoms with Crippen molar-refractivity contribution in [3.8, 4) is 11.8 Å². The van der Waals surface area contributed by atoms with Crippen molar-refractivity contribution in [3.63, 3.8) is 0 Å². The van der Waals surface area contributed by atoms with Crippen molar-refractivity contribution in [2.75, 3.05) is 28.6 Å². The Morgan fingerprint density at radius 2 is 2.00 bits per heavy atom. The highest BCUT2D eigenvalue weighted by atomic mass is 16.2. The zero-order valence-electron chi connectivity index (χ0n) is 22.5. The van der Waals surface area contributed by atoms with Gasteiger partial charge in [-0.1, -0.05) is 30.2 Å². The van der Waals surface area contributed by atoms with E-state index in [0.717, 1.165) is 53.3 Å². The van der Waals surface area contributed by atoms with Gasteiger partial charge in [0.1, 0.15) is 11.7 Å². The van der Waals surface area contributed by atoms with Gasteiger partial charge in [-0.2, -0.15) is 0 Å². The molecule has 4 rings (SSSR count). The molecule has 1 aromatic carbocycles. The van der Waals surface area contributed by atoms with Gasteiger partial charge in [0.2, 0.25) is 0 Å². The predicted octanol–water partition coefficient (Wildman–Crippen LogP) is 4.66. The van der Waals surface area contributed by atoms with E-state index in [4.69, 9.17) is 0 Å². The zero-order valence-corrected chi connectivity index (χ0v) is 22.5. The zero-order chi connectivity index (χ0) is 27.8. The van der Waals surface area contributed by atoms with Crippen LogP contribution in [0.4, 0.5) is 22.0 Å². The van der Waals surface area contributed by atoms with Crippen molar-refractivity contribution in [2.45, 2.75) is 39.7 Å². The summed E-state index contributed by atoms with van der Waals surface area (Å²) in [7, 11) is 0. The van der Waals surface area contributed by atoms with E-state index in [1.54, 1.807) is 13.1 Å². The van der Waals surface area contributed by atoms with Gasteiger partial charge < -0.3 is 20.9 Å². The molecule has 2 aromatic rings. The molecular weight excluding hydrogens is 490 g/mol. The lowest BCUT2D eigenvalue weighted by Gasteiger charge is -2.34. The van der Waals surface area contributed by atoms with Crippen molar-refractivity contribution in [3.05, 3.63) is 78.2 Å². The Balaban J connectivity index is 1.36. The number of rotatable bonds is 6.